The lowest BCUT2D eigenvalue weighted by molar-refractivity contribution is -0.126. The van der Waals surface area contributed by atoms with Crippen LogP contribution >= 0.6 is 11.6 Å². The first-order valence-electron chi connectivity index (χ1n) is 9.88. The lowest BCUT2D eigenvalue weighted by Crippen LogP contribution is -2.52. The van der Waals surface area contributed by atoms with Gasteiger partial charge in [-0.2, -0.15) is 0 Å². The number of hydrogen-bond donors (Lipinski definition) is 5. The molecule has 1 aliphatic rings. The molecule has 7 nitrogen and oxygen atoms in total. The Morgan fingerprint density at radius 1 is 1.19 bits per heavy atom. The molecule has 3 rings (SSSR count). The zero-order valence-corrected chi connectivity index (χ0v) is 18.1. The predicted octanol–water partition coefficient (Wildman–Crippen LogP) is 2.52. The maximum absolute atomic E-state index is 10.2. The van der Waals surface area contributed by atoms with Crippen LogP contribution in [0.25, 0.3) is 6.08 Å². The average Bonchev–Trinajstić information content (AvgIpc) is 2.79. The van der Waals surface area contributed by atoms with Crippen LogP contribution in [0.4, 0.5) is 0 Å². The molecule has 6 N–H and O–H groups in total. The highest BCUT2D eigenvalue weighted by molar-refractivity contribution is 6.31. The van der Waals surface area contributed by atoms with Gasteiger partial charge in [-0.15, -0.1) is 0 Å². The number of ether oxygens (including phenoxy) is 1. The van der Waals surface area contributed by atoms with Gasteiger partial charge in [-0.25, -0.2) is 0 Å². The molecular weight excluding hydrogens is 420 g/mol. The van der Waals surface area contributed by atoms with Crippen molar-refractivity contribution < 1.29 is 25.3 Å². The summed E-state index contributed by atoms with van der Waals surface area (Å²) < 4.78 is 5.90. The number of aliphatic hydroxyl groups excluding tert-OH is 3. The normalized spacial score (nSPS) is 23.7. The molecule has 1 saturated heterocycles. The number of aliphatic hydroxyl groups is 3. The first-order chi connectivity index (χ1) is 15.0. The average molecular weight is 449 g/mol. The summed E-state index contributed by atoms with van der Waals surface area (Å²) in [5.74, 6) is 0. The Morgan fingerprint density at radius 3 is 2.55 bits per heavy atom. The highest BCUT2D eigenvalue weighted by Gasteiger charge is 2.35. The van der Waals surface area contributed by atoms with Crippen molar-refractivity contribution in [2.75, 3.05) is 13.7 Å². The third-order valence-corrected chi connectivity index (χ3v) is 5.47. The minimum absolute atomic E-state index is 0.236. The third kappa shape index (κ3) is 6.87. The molecule has 0 amide bonds. The number of hydrogen-bond acceptors (Lipinski definition) is 7. The zero-order chi connectivity index (χ0) is 22.8. The van der Waals surface area contributed by atoms with E-state index >= 15 is 0 Å². The number of nitrogens with zero attached hydrogens (tertiary/aromatic N) is 1. The maximum atomic E-state index is 10.2. The molecule has 3 unspecified atom stereocenters. The number of nitrogens with two attached hydrogens (primary N) is 1. The SMILES string of the molecule is CO.N[C@H]1C(O)CC(c2ccc(Cl)c(Cc3ccc(/C=C/C=N/O)cc3)c2)OC1CO. The quantitative estimate of drug-likeness (QED) is 0.262. The number of halogens is 1. The monoisotopic (exact) mass is 448 g/mol. The summed E-state index contributed by atoms with van der Waals surface area (Å²) in [7, 11) is 1.00. The second kappa shape index (κ2) is 12.6. The number of allylic oxidation sites excluding steroid dienone is 1. The van der Waals surface area contributed by atoms with E-state index in [1.807, 2.05) is 48.5 Å². The minimum Gasteiger partial charge on any atom is -0.411 e. The number of oxime groups is 1. The highest BCUT2D eigenvalue weighted by Crippen LogP contribution is 2.33. The van der Waals surface area contributed by atoms with Crippen LogP contribution in [0.15, 0.2) is 53.7 Å². The molecule has 8 heteroatoms. The van der Waals surface area contributed by atoms with Crippen molar-refractivity contribution in [2.24, 2.45) is 10.9 Å². The number of rotatable bonds is 6. The Hall–Kier alpha value is -2.26. The standard InChI is InChI=1S/C22H25ClN2O4.CH4O/c23-18-8-7-16(20-12-19(27)22(24)21(13-26)29-20)11-17(18)10-15-5-3-14(4-6-15)2-1-9-25-28;1-2/h1-9,11,19-22,26-28H,10,12-13,24H2;2H,1H3/b2-1+,25-9+;/t19?,20?,21?,22-;/m0./s1. The molecule has 1 fully saturated rings. The van der Waals surface area contributed by atoms with Crippen molar-refractivity contribution in [3.63, 3.8) is 0 Å². The summed E-state index contributed by atoms with van der Waals surface area (Å²) in [6, 6.07) is 13.1. The van der Waals surface area contributed by atoms with Crippen molar-refractivity contribution in [1.82, 2.24) is 0 Å². The van der Waals surface area contributed by atoms with Crippen LogP contribution in [0.5, 0.6) is 0 Å². The topological polar surface area (TPSA) is 129 Å². The van der Waals surface area contributed by atoms with E-state index in [1.54, 1.807) is 6.08 Å². The summed E-state index contributed by atoms with van der Waals surface area (Å²) in [5.41, 5.74) is 9.84. The maximum Gasteiger partial charge on any atom is 0.0989 e. The van der Waals surface area contributed by atoms with E-state index in [1.165, 1.54) is 6.21 Å². The minimum atomic E-state index is -0.735. The molecule has 168 valence electrons. The molecule has 0 saturated carbocycles. The second-order valence-corrected chi connectivity index (χ2v) is 7.53. The van der Waals surface area contributed by atoms with Crippen LogP contribution in [0.2, 0.25) is 5.02 Å². The van der Waals surface area contributed by atoms with Crippen molar-refractivity contribution in [3.05, 3.63) is 75.8 Å². The van der Waals surface area contributed by atoms with Gasteiger partial charge in [-0.3, -0.25) is 0 Å². The van der Waals surface area contributed by atoms with Gasteiger partial charge in [0.1, 0.15) is 0 Å². The van der Waals surface area contributed by atoms with Crippen LogP contribution < -0.4 is 5.73 Å². The lowest BCUT2D eigenvalue weighted by Gasteiger charge is -2.37. The van der Waals surface area contributed by atoms with E-state index in [4.69, 9.17) is 32.4 Å². The lowest BCUT2D eigenvalue weighted by atomic mass is 9.91. The first kappa shape index (κ1) is 25.0. The van der Waals surface area contributed by atoms with E-state index in [0.29, 0.717) is 17.9 Å². The summed E-state index contributed by atoms with van der Waals surface area (Å²) >= 11 is 6.41. The fourth-order valence-electron chi connectivity index (χ4n) is 3.45. The first-order valence-corrected chi connectivity index (χ1v) is 10.3. The second-order valence-electron chi connectivity index (χ2n) is 7.12. The van der Waals surface area contributed by atoms with E-state index in [9.17, 15) is 10.2 Å². The van der Waals surface area contributed by atoms with Gasteiger partial charge in [0.15, 0.2) is 0 Å². The van der Waals surface area contributed by atoms with Gasteiger partial charge in [0, 0.05) is 18.6 Å². The van der Waals surface area contributed by atoms with Crippen LogP contribution in [-0.4, -0.2) is 58.7 Å². The van der Waals surface area contributed by atoms with Gasteiger partial charge in [0.05, 0.1) is 37.2 Å². The Bertz CT molecular complexity index is 873. The van der Waals surface area contributed by atoms with E-state index < -0.39 is 18.2 Å². The smallest absolute Gasteiger partial charge is 0.0989 e. The van der Waals surface area contributed by atoms with E-state index in [0.717, 1.165) is 29.4 Å². The van der Waals surface area contributed by atoms with Gasteiger partial charge in [0.25, 0.3) is 0 Å². The van der Waals surface area contributed by atoms with Gasteiger partial charge >= 0.3 is 0 Å². The summed E-state index contributed by atoms with van der Waals surface area (Å²) in [4.78, 5) is 0. The Labute approximate surface area is 187 Å². The molecule has 1 heterocycles. The third-order valence-electron chi connectivity index (χ3n) is 5.11. The Balaban J connectivity index is 0.00000166. The van der Waals surface area contributed by atoms with E-state index in [2.05, 4.69) is 5.16 Å². The highest BCUT2D eigenvalue weighted by atomic mass is 35.5. The molecule has 1 aliphatic heterocycles. The van der Waals surface area contributed by atoms with Crippen molar-refractivity contribution in [2.45, 2.75) is 37.2 Å². The molecule has 2 aromatic rings. The van der Waals surface area contributed by atoms with Gasteiger partial charge in [0.2, 0.25) is 0 Å². The Morgan fingerprint density at radius 2 is 1.90 bits per heavy atom. The predicted molar refractivity (Wildman–Crippen MR) is 121 cm³/mol. The van der Waals surface area contributed by atoms with E-state index in [-0.39, 0.29) is 12.7 Å². The molecule has 2 aromatic carbocycles. The largest absolute Gasteiger partial charge is 0.411 e. The summed E-state index contributed by atoms with van der Waals surface area (Å²) in [6.07, 6.45) is 4.13. The molecule has 0 bridgehead atoms. The summed E-state index contributed by atoms with van der Waals surface area (Å²) in [6.45, 7) is -0.236. The molecular formula is C23H29ClN2O5. The zero-order valence-electron chi connectivity index (χ0n) is 17.3. The van der Waals surface area contributed by atoms with Gasteiger partial charge in [-0.1, -0.05) is 59.2 Å². The molecule has 31 heavy (non-hydrogen) atoms. The van der Waals surface area contributed by atoms with Crippen molar-refractivity contribution in [3.8, 4) is 0 Å². The number of benzene rings is 2. The fraction of sp³-hybridized carbons (Fsp3) is 0.348. The van der Waals surface area contributed by atoms with Crippen LogP contribution in [-0.2, 0) is 11.2 Å². The molecule has 0 spiro atoms. The molecule has 4 atom stereocenters. The van der Waals surface area contributed by atoms with Crippen LogP contribution in [0.3, 0.4) is 0 Å². The van der Waals surface area contributed by atoms with Crippen molar-refractivity contribution in [1.29, 1.82) is 0 Å². The van der Waals surface area contributed by atoms with Crippen molar-refractivity contribution >= 4 is 23.9 Å². The van der Waals surface area contributed by atoms with Crippen LogP contribution in [0.1, 0.15) is 34.8 Å². The molecule has 0 aromatic heterocycles. The Kier molecular flexibility index (Phi) is 10.1. The van der Waals surface area contributed by atoms with Gasteiger partial charge < -0.3 is 31.0 Å². The molecule has 0 aliphatic carbocycles. The van der Waals surface area contributed by atoms with Gasteiger partial charge in [-0.05, 0) is 40.8 Å². The summed E-state index contributed by atoms with van der Waals surface area (Å²) in [5, 5.41) is 38.7. The fourth-order valence-corrected chi connectivity index (χ4v) is 3.63. The molecule has 0 radical (unpaired) electrons. The van der Waals surface area contributed by atoms with Crippen LogP contribution in [0, 0.1) is 0 Å².